The number of nitrogens with two attached hydrogens (primary N) is 2. The van der Waals surface area contributed by atoms with E-state index in [1.807, 2.05) is 0 Å². The highest BCUT2D eigenvalue weighted by Crippen LogP contribution is 2.22. The quantitative estimate of drug-likeness (QED) is 0.168. The molecule has 0 spiro atoms. The monoisotopic (exact) mass is 238 g/mol. The van der Waals surface area contributed by atoms with Crippen molar-refractivity contribution in [2.45, 2.75) is 0 Å². The fourth-order valence-electron chi connectivity index (χ4n) is 1.29. The summed E-state index contributed by atoms with van der Waals surface area (Å²) in [6, 6.07) is 4.39. The average molecular weight is 238 g/mol. The summed E-state index contributed by atoms with van der Waals surface area (Å²) in [6.07, 6.45) is 0. The van der Waals surface area contributed by atoms with Crippen LogP contribution in [0.4, 0.5) is 11.4 Å². The van der Waals surface area contributed by atoms with E-state index in [0.717, 1.165) is 0 Å². The summed E-state index contributed by atoms with van der Waals surface area (Å²) in [5, 5.41) is 15.9. The molecular formula is C9H14N6O2. The van der Waals surface area contributed by atoms with Crippen LogP contribution in [0.1, 0.15) is 5.56 Å². The van der Waals surface area contributed by atoms with Gasteiger partial charge in [-0.3, -0.25) is 15.1 Å². The Morgan fingerprint density at radius 2 is 2.24 bits per heavy atom. The summed E-state index contributed by atoms with van der Waals surface area (Å²) >= 11 is 0. The summed E-state index contributed by atoms with van der Waals surface area (Å²) in [5.74, 6) is 5.95. The van der Waals surface area contributed by atoms with Crippen LogP contribution < -0.4 is 17.0 Å². The van der Waals surface area contributed by atoms with Gasteiger partial charge >= 0.3 is 0 Å². The van der Waals surface area contributed by atoms with E-state index >= 15 is 0 Å². The van der Waals surface area contributed by atoms with Crippen LogP contribution in [0.3, 0.4) is 0 Å². The zero-order chi connectivity index (χ0) is 13.0. The van der Waals surface area contributed by atoms with Gasteiger partial charge in [0.05, 0.1) is 4.92 Å². The zero-order valence-electron chi connectivity index (χ0n) is 9.54. The molecule has 0 aliphatic carbocycles. The number of hydrazone groups is 1. The van der Waals surface area contributed by atoms with Crippen LogP contribution in [0.2, 0.25) is 0 Å². The van der Waals surface area contributed by atoms with Crippen LogP contribution in [0.5, 0.6) is 0 Å². The van der Waals surface area contributed by atoms with Crippen molar-refractivity contribution in [3.8, 4) is 0 Å². The van der Waals surface area contributed by atoms with Gasteiger partial charge in [0.15, 0.2) is 5.84 Å². The maximum absolute atomic E-state index is 10.7. The topological polar surface area (TPSA) is 123 Å². The summed E-state index contributed by atoms with van der Waals surface area (Å²) in [7, 11) is 3.19. The molecule has 0 atom stereocenters. The molecule has 0 aliphatic rings. The maximum atomic E-state index is 10.7. The first-order valence-corrected chi connectivity index (χ1v) is 4.74. The largest absolute Gasteiger partial charge is 0.393 e. The smallest absolute Gasteiger partial charge is 0.292 e. The predicted octanol–water partition coefficient (Wildman–Crippen LogP) is -0.136. The molecule has 5 N–H and O–H groups in total. The Morgan fingerprint density at radius 3 is 2.71 bits per heavy atom. The van der Waals surface area contributed by atoms with Gasteiger partial charge < -0.3 is 11.2 Å². The number of hydrogen-bond acceptors (Lipinski definition) is 6. The maximum Gasteiger partial charge on any atom is 0.292 e. The van der Waals surface area contributed by atoms with E-state index in [1.54, 1.807) is 20.2 Å². The van der Waals surface area contributed by atoms with E-state index in [9.17, 15) is 10.1 Å². The molecule has 0 saturated carbocycles. The van der Waals surface area contributed by atoms with Gasteiger partial charge in [-0.25, -0.2) is 5.84 Å². The molecule has 0 amide bonds. The van der Waals surface area contributed by atoms with E-state index in [-0.39, 0.29) is 11.4 Å². The van der Waals surface area contributed by atoms with Gasteiger partial charge in [-0.1, -0.05) is 0 Å². The van der Waals surface area contributed by atoms with Crippen LogP contribution in [0, 0.1) is 10.1 Å². The molecule has 0 bridgehead atoms. The molecule has 0 radical (unpaired) electrons. The Hall–Kier alpha value is -2.35. The highest BCUT2D eigenvalue weighted by atomic mass is 16.6. The number of nitro benzene ring substituents is 1. The first-order chi connectivity index (χ1) is 7.97. The predicted molar refractivity (Wildman–Crippen MR) is 65.1 cm³/mol. The van der Waals surface area contributed by atoms with Crippen LogP contribution in [0.25, 0.3) is 0 Å². The molecule has 0 aliphatic heterocycles. The van der Waals surface area contributed by atoms with E-state index < -0.39 is 4.92 Å². The summed E-state index contributed by atoms with van der Waals surface area (Å²) in [4.78, 5) is 10.2. The van der Waals surface area contributed by atoms with Crippen LogP contribution in [0.15, 0.2) is 23.3 Å². The van der Waals surface area contributed by atoms with Crippen LogP contribution >= 0.6 is 0 Å². The van der Waals surface area contributed by atoms with Crippen molar-refractivity contribution in [3.63, 3.8) is 0 Å². The number of hydrogen-bond donors (Lipinski definition) is 3. The molecular weight excluding hydrogens is 224 g/mol. The number of benzene rings is 1. The van der Waals surface area contributed by atoms with E-state index in [0.29, 0.717) is 11.4 Å². The third-order valence-electron chi connectivity index (χ3n) is 2.04. The minimum absolute atomic E-state index is 0.0993. The number of hydrazine groups is 1. The van der Waals surface area contributed by atoms with Crippen molar-refractivity contribution >= 4 is 17.2 Å². The number of nitro groups is 1. The molecule has 17 heavy (non-hydrogen) atoms. The molecule has 1 aromatic rings. The lowest BCUT2D eigenvalue weighted by molar-refractivity contribution is -0.383. The van der Waals surface area contributed by atoms with Gasteiger partial charge in [0.1, 0.15) is 5.69 Å². The number of amidine groups is 1. The normalized spacial score (nSPS) is 11.1. The van der Waals surface area contributed by atoms with Gasteiger partial charge in [0.2, 0.25) is 0 Å². The number of nitrogens with zero attached hydrogens (tertiary/aromatic N) is 3. The molecule has 1 rings (SSSR count). The second kappa shape index (κ2) is 5.12. The molecule has 8 heteroatoms. The van der Waals surface area contributed by atoms with Crippen LogP contribution in [-0.4, -0.2) is 29.9 Å². The SMILES string of the molecule is CN/N=C(/c1ccc(N)c([N+](=O)[O-])c1)N(C)N. The summed E-state index contributed by atoms with van der Waals surface area (Å²) in [6.45, 7) is 0. The fraction of sp³-hybridized carbons (Fsp3) is 0.222. The molecule has 1 aromatic carbocycles. The highest BCUT2D eigenvalue weighted by molar-refractivity contribution is 5.99. The highest BCUT2D eigenvalue weighted by Gasteiger charge is 2.15. The Kier molecular flexibility index (Phi) is 3.83. The van der Waals surface area contributed by atoms with Crippen molar-refractivity contribution in [1.29, 1.82) is 0 Å². The molecule has 92 valence electrons. The number of nitrogen functional groups attached to an aromatic ring is 1. The van der Waals surface area contributed by atoms with Crippen molar-refractivity contribution in [2.24, 2.45) is 10.9 Å². The number of rotatable bonds is 3. The first kappa shape index (κ1) is 12.7. The Labute approximate surface area is 98.0 Å². The van der Waals surface area contributed by atoms with Gasteiger partial charge in [0.25, 0.3) is 5.69 Å². The van der Waals surface area contributed by atoms with Gasteiger partial charge in [-0.05, 0) is 12.1 Å². The van der Waals surface area contributed by atoms with Crippen molar-refractivity contribution < 1.29 is 4.92 Å². The van der Waals surface area contributed by atoms with Gasteiger partial charge in [-0.15, -0.1) is 0 Å². The third kappa shape index (κ3) is 2.82. The van der Waals surface area contributed by atoms with E-state index in [2.05, 4.69) is 10.5 Å². The fourth-order valence-corrected chi connectivity index (χ4v) is 1.29. The molecule has 8 nitrogen and oxygen atoms in total. The lowest BCUT2D eigenvalue weighted by atomic mass is 10.1. The minimum atomic E-state index is -0.549. The molecule has 0 heterocycles. The van der Waals surface area contributed by atoms with Crippen molar-refractivity contribution in [3.05, 3.63) is 33.9 Å². The third-order valence-corrected chi connectivity index (χ3v) is 2.04. The first-order valence-electron chi connectivity index (χ1n) is 4.74. The zero-order valence-corrected chi connectivity index (χ0v) is 9.54. The number of nitrogens with one attached hydrogen (secondary N) is 1. The van der Waals surface area contributed by atoms with Crippen molar-refractivity contribution in [2.75, 3.05) is 19.8 Å². The molecule has 0 fully saturated rings. The Bertz CT molecular complexity index is 457. The van der Waals surface area contributed by atoms with Crippen molar-refractivity contribution in [1.82, 2.24) is 10.4 Å². The lowest BCUT2D eigenvalue weighted by Crippen LogP contribution is -2.35. The molecule has 0 aromatic heterocycles. The second-order valence-corrected chi connectivity index (χ2v) is 3.30. The summed E-state index contributed by atoms with van der Waals surface area (Å²) < 4.78 is 0. The van der Waals surface area contributed by atoms with E-state index in [1.165, 1.54) is 17.1 Å². The number of anilines is 1. The average Bonchev–Trinajstić information content (AvgIpc) is 2.26. The lowest BCUT2D eigenvalue weighted by Gasteiger charge is -2.15. The van der Waals surface area contributed by atoms with Gasteiger partial charge in [0, 0.05) is 25.7 Å². The standard InChI is InChI=1S/C9H14N6O2/c1-12-13-9(14(2)11)6-3-4-7(10)8(5-6)15(16)17/h3-5,12H,10-11H2,1-2H3/b13-9-. The molecule has 0 unspecified atom stereocenters. The Morgan fingerprint density at radius 1 is 1.59 bits per heavy atom. The second-order valence-electron chi connectivity index (χ2n) is 3.30. The summed E-state index contributed by atoms with van der Waals surface area (Å²) in [5.41, 5.74) is 8.51. The van der Waals surface area contributed by atoms with Gasteiger partial charge in [-0.2, -0.15) is 5.10 Å². The molecule has 0 saturated heterocycles. The Balaban J connectivity index is 3.27. The van der Waals surface area contributed by atoms with E-state index in [4.69, 9.17) is 11.6 Å². The van der Waals surface area contributed by atoms with Crippen LogP contribution in [-0.2, 0) is 0 Å². The minimum Gasteiger partial charge on any atom is -0.393 e.